The lowest BCUT2D eigenvalue weighted by atomic mass is 10.1. The molecule has 5 heteroatoms. The maximum atomic E-state index is 10.5. The minimum absolute atomic E-state index is 0.0143. The Bertz CT molecular complexity index is 414. The van der Waals surface area contributed by atoms with Crippen molar-refractivity contribution in [2.45, 2.75) is 13.5 Å². The zero-order valence-electron chi connectivity index (χ0n) is 8.90. The monoisotopic (exact) mass is 218 g/mol. The van der Waals surface area contributed by atoms with Gasteiger partial charge in [-0.1, -0.05) is 11.6 Å². The Morgan fingerprint density at radius 1 is 1.56 bits per heavy atom. The van der Waals surface area contributed by atoms with Crippen LogP contribution in [0.1, 0.15) is 11.1 Å². The number of benzene rings is 1. The van der Waals surface area contributed by atoms with Crippen molar-refractivity contribution in [3.63, 3.8) is 0 Å². The molecule has 4 nitrogen and oxygen atoms in total. The fraction of sp³-hybridized carbons (Fsp3) is 0.182. The smallest absolute Gasteiger partial charge is 0.274 e. The molecule has 0 saturated heterocycles. The minimum atomic E-state index is -0.865. The lowest BCUT2D eigenvalue weighted by molar-refractivity contribution is 0.163. The van der Waals surface area contributed by atoms with Crippen LogP contribution in [0.2, 0.25) is 0 Å². The Balaban J connectivity index is 2.89. The van der Waals surface area contributed by atoms with Gasteiger partial charge in [0.2, 0.25) is 13.7 Å². The summed E-state index contributed by atoms with van der Waals surface area (Å²) < 4.78 is 9.61. The van der Waals surface area contributed by atoms with Crippen molar-refractivity contribution in [1.29, 1.82) is 0 Å². The van der Waals surface area contributed by atoms with E-state index in [-0.39, 0.29) is 6.61 Å². The standard InChI is InChI=1S/C11H11BO4/c1-7-3-4-10(16-8(2)13)9(5-7)6-15-11(12)14/h3-5,13H,2,6H2,1H3. The number of hydrogen-bond donors (Lipinski definition) is 1. The topological polar surface area (TPSA) is 55.8 Å². The molecule has 1 N–H and O–H groups in total. The van der Waals surface area contributed by atoms with Crippen molar-refractivity contribution >= 4 is 13.7 Å². The van der Waals surface area contributed by atoms with Gasteiger partial charge in [0, 0.05) is 5.56 Å². The molecule has 16 heavy (non-hydrogen) atoms. The summed E-state index contributed by atoms with van der Waals surface area (Å²) >= 11 is 0. The number of hydrogen-bond acceptors (Lipinski definition) is 4. The fourth-order valence-corrected chi connectivity index (χ4v) is 1.20. The third-order valence-electron chi connectivity index (χ3n) is 1.81. The van der Waals surface area contributed by atoms with Crippen LogP contribution in [0.15, 0.2) is 30.7 Å². The first kappa shape index (κ1) is 12.2. The molecule has 0 unspecified atom stereocenters. The van der Waals surface area contributed by atoms with Gasteiger partial charge in [-0.15, -0.1) is 0 Å². The minimum Gasteiger partial charge on any atom is -0.481 e. The molecule has 0 aromatic heterocycles. The zero-order chi connectivity index (χ0) is 12.1. The summed E-state index contributed by atoms with van der Waals surface area (Å²) in [4.78, 5) is 10.5. The highest BCUT2D eigenvalue weighted by atomic mass is 16.6. The maximum absolute atomic E-state index is 10.5. The van der Waals surface area contributed by atoms with Crippen molar-refractivity contribution in [1.82, 2.24) is 0 Å². The highest BCUT2D eigenvalue weighted by molar-refractivity contribution is 6.55. The molecule has 0 fully saturated rings. The lowest BCUT2D eigenvalue weighted by Crippen LogP contribution is -2.03. The molecule has 1 rings (SSSR count). The maximum Gasteiger partial charge on any atom is 0.274 e. The van der Waals surface area contributed by atoms with Crippen LogP contribution in [-0.4, -0.2) is 18.8 Å². The highest BCUT2D eigenvalue weighted by Gasteiger charge is 2.07. The van der Waals surface area contributed by atoms with Crippen LogP contribution < -0.4 is 4.74 Å². The van der Waals surface area contributed by atoms with E-state index in [9.17, 15) is 4.79 Å². The van der Waals surface area contributed by atoms with E-state index in [1.165, 1.54) is 0 Å². The SMILES string of the molecule is [B]C(=O)OCc1cc(C)ccc1OC(=C)O. The first-order valence-electron chi connectivity index (χ1n) is 4.56. The largest absolute Gasteiger partial charge is 0.481 e. The Morgan fingerprint density at radius 3 is 2.81 bits per heavy atom. The molecule has 0 heterocycles. The second-order valence-electron chi connectivity index (χ2n) is 3.21. The van der Waals surface area contributed by atoms with Gasteiger partial charge in [0.05, 0.1) is 0 Å². The second-order valence-corrected chi connectivity index (χ2v) is 3.21. The third kappa shape index (κ3) is 3.69. The van der Waals surface area contributed by atoms with E-state index >= 15 is 0 Å². The molecular weight excluding hydrogens is 207 g/mol. The summed E-state index contributed by atoms with van der Waals surface area (Å²) in [5.74, 6) is -0.918. The van der Waals surface area contributed by atoms with E-state index < -0.39 is 11.8 Å². The first-order valence-corrected chi connectivity index (χ1v) is 4.56. The molecule has 0 saturated carbocycles. The second kappa shape index (κ2) is 5.25. The quantitative estimate of drug-likeness (QED) is 0.621. The van der Waals surface area contributed by atoms with Crippen LogP contribution in [0.3, 0.4) is 0 Å². The molecule has 1 aromatic rings. The number of aliphatic hydroxyl groups is 1. The number of aryl methyl sites for hydroxylation is 1. The van der Waals surface area contributed by atoms with Gasteiger partial charge < -0.3 is 14.6 Å². The van der Waals surface area contributed by atoms with Gasteiger partial charge in [0.25, 0.3) is 5.95 Å². The fourth-order valence-electron chi connectivity index (χ4n) is 1.20. The van der Waals surface area contributed by atoms with Crippen LogP contribution in [0.4, 0.5) is 4.79 Å². The molecule has 0 aliphatic heterocycles. The van der Waals surface area contributed by atoms with E-state index in [0.29, 0.717) is 11.3 Å². The van der Waals surface area contributed by atoms with Gasteiger partial charge in [0.15, 0.2) is 0 Å². The van der Waals surface area contributed by atoms with Crippen molar-refractivity contribution in [3.8, 4) is 5.75 Å². The number of aliphatic hydroxyl groups excluding tert-OH is 1. The predicted molar refractivity (Wildman–Crippen MR) is 59.5 cm³/mol. The van der Waals surface area contributed by atoms with Crippen LogP contribution in [-0.2, 0) is 11.3 Å². The Kier molecular flexibility index (Phi) is 3.99. The summed E-state index contributed by atoms with van der Waals surface area (Å²) in [6.07, 6.45) is 0. The summed E-state index contributed by atoms with van der Waals surface area (Å²) in [7, 11) is 4.86. The van der Waals surface area contributed by atoms with Crippen LogP contribution in [0.25, 0.3) is 0 Å². The molecule has 1 aromatic carbocycles. The van der Waals surface area contributed by atoms with Gasteiger partial charge >= 0.3 is 0 Å². The van der Waals surface area contributed by atoms with Gasteiger partial charge in [-0.05, 0) is 25.6 Å². The van der Waals surface area contributed by atoms with E-state index in [2.05, 4.69) is 11.3 Å². The highest BCUT2D eigenvalue weighted by Crippen LogP contribution is 2.22. The predicted octanol–water partition coefficient (Wildman–Crippen LogP) is 2.21. The van der Waals surface area contributed by atoms with Crippen molar-refractivity contribution in [3.05, 3.63) is 41.9 Å². The number of carbonyl (C=O) groups is 1. The Hall–Kier alpha value is -1.91. The van der Waals surface area contributed by atoms with E-state index in [1.807, 2.05) is 6.92 Å². The van der Waals surface area contributed by atoms with E-state index in [1.54, 1.807) is 18.2 Å². The van der Waals surface area contributed by atoms with Crippen molar-refractivity contribution < 1.29 is 19.4 Å². The summed E-state index contributed by atoms with van der Waals surface area (Å²) in [5.41, 5.74) is 1.58. The molecule has 0 bridgehead atoms. The lowest BCUT2D eigenvalue weighted by Gasteiger charge is -2.10. The first-order chi connectivity index (χ1) is 7.49. The zero-order valence-corrected chi connectivity index (χ0v) is 8.90. The van der Waals surface area contributed by atoms with Crippen LogP contribution in [0.5, 0.6) is 5.75 Å². The number of ether oxygens (including phenoxy) is 2. The molecule has 0 aliphatic carbocycles. The van der Waals surface area contributed by atoms with Crippen LogP contribution in [0, 0.1) is 6.92 Å². The Morgan fingerprint density at radius 2 is 2.25 bits per heavy atom. The van der Waals surface area contributed by atoms with E-state index in [4.69, 9.17) is 17.7 Å². The molecule has 2 radical (unpaired) electrons. The number of carbonyl (C=O) groups excluding carboxylic acids is 1. The molecule has 0 amide bonds. The Labute approximate surface area is 94.9 Å². The average Bonchev–Trinajstić information content (AvgIpc) is 2.17. The third-order valence-corrected chi connectivity index (χ3v) is 1.81. The summed E-state index contributed by atoms with van der Waals surface area (Å²) in [5, 5.41) is 8.93. The van der Waals surface area contributed by atoms with Crippen molar-refractivity contribution in [2.24, 2.45) is 0 Å². The summed E-state index contributed by atoms with van der Waals surface area (Å²) in [6.45, 7) is 5.08. The van der Waals surface area contributed by atoms with Crippen molar-refractivity contribution in [2.75, 3.05) is 0 Å². The molecule has 0 aliphatic rings. The normalized spacial score (nSPS) is 9.56. The van der Waals surface area contributed by atoms with Gasteiger partial charge in [0.1, 0.15) is 12.4 Å². The summed E-state index contributed by atoms with van der Waals surface area (Å²) in [6, 6.07) is 5.21. The average molecular weight is 218 g/mol. The van der Waals surface area contributed by atoms with Gasteiger partial charge in [-0.25, -0.2) is 0 Å². The number of rotatable bonds is 4. The molecule has 0 spiro atoms. The van der Waals surface area contributed by atoms with Gasteiger partial charge in [-0.2, -0.15) is 0 Å². The van der Waals surface area contributed by atoms with E-state index in [0.717, 1.165) is 5.56 Å². The molecule has 82 valence electrons. The van der Waals surface area contributed by atoms with Gasteiger partial charge in [-0.3, -0.25) is 4.79 Å². The molecule has 0 atom stereocenters. The van der Waals surface area contributed by atoms with Crippen LogP contribution >= 0.6 is 0 Å². The molecular formula is C11H11BO4.